The molecule has 1 heterocycles. The molecule has 178 valence electrons. The van der Waals surface area contributed by atoms with E-state index in [1.54, 1.807) is 0 Å². The average Bonchev–Trinajstić information content (AvgIpc) is 2.61. The highest BCUT2D eigenvalue weighted by Crippen LogP contribution is 2.29. The van der Waals surface area contributed by atoms with Gasteiger partial charge in [0.25, 0.3) is 0 Å². The fraction of sp³-hybridized carbons (Fsp3) is 1.00. The van der Waals surface area contributed by atoms with Crippen LogP contribution in [0.1, 0.15) is 86.5 Å². The Balaban J connectivity index is 1.38. The summed E-state index contributed by atoms with van der Waals surface area (Å²) in [4.78, 5) is 5.20. The van der Waals surface area contributed by atoms with Crippen molar-refractivity contribution < 1.29 is 14.2 Å². The summed E-state index contributed by atoms with van der Waals surface area (Å²) >= 11 is 0. The van der Waals surface area contributed by atoms with Gasteiger partial charge in [0.05, 0.1) is 30.0 Å². The van der Waals surface area contributed by atoms with E-state index in [2.05, 4.69) is 51.3 Å². The summed E-state index contributed by atoms with van der Waals surface area (Å²) in [5.41, 5.74) is -0.0219. The van der Waals surface area contributed by atoms with Gasteiger partial charge in [-0.3, -0.25) is 4.90 Å². The van der Waals surface area contributed by atoms with E-state index in [-0.39, 0.29) is 11.2 Å². The molecule has 0 radical (unpaired) electrons. The van der Waals surface area contributed by atoms with E-state index in [0.717, 1.165) is 32.6 Å². The lowest BCUT2D eigenvalue weighted by Gasteiger charge is -2.39. The quantitative estimate of drug-likeness (QED) is 0.398. The smallest absolute Gasteiger partial charge is 0.0631 e. The standard InChI is InChI=1S/C25H50N2O3/c1-24(2,3)29-18-11-9-7-8-10-12-26-13-15-27(16-14-26)17-19-28-22-20-23(21-22)30-25(4,5)6/h22-23H,7-21H2,1-6H3. The maximum atomic E-state index is 6.05. The van der Waals surface area contributed by atoms with Crippen molar-refractivity contribution in [3.8, 4) is 0 Å². The molecule has 0 unspecified atom stereocenters. The molecule has 2 rings (SSSR count). The number of hydrogen-bond donors (Lipinski definition) is 0. The zero-order valence-electron chi connectivity index (χ0n) is 20.9. The summed E-state index contributed by atoms with van der Waals surface area (Å²) in [6.07, 6.45) is 9.47. The second kappa shape index (κ2) is 12.7. The Morgan fingerprint density at radius 1 is 0.633 bits per heavy atom. The molecule has 1 aliphatic carbocycles. The topological polar surface area (TPSA) is 34.2 Å². The summed E-state index contributed by atoms with van der Waals surface area (Å²) in [5, 5.41) is 0. The Labute approximate surface area is 186 Å². The van der Waals surface area contributed by atoms with E-state index >= 15 is 0 Å². The van der Waals surface area contributed by atoms with Crippen LogP contribution in [0.4, 0.5) is 0 Å². The van der Waals surface area contributed by atoms with Gasteiger partial charge in [0.2, 0.25) is 0 Å². The van der Waals surface area contributed by atoms with Crippen molar-refractivity contribution in [3.63, 3.8) is 0 Å². The van der Waals surface area contributed by atoms with E-state index in [0.29, 0.717) is 12.2 Å². The van der Waals surface area contributed by atoms with Gasteiger partial charge in [-0.1, -0.05) is 19.3 Å². The van der Waals surface area contributed by atoms with Gasteiger partial charge >= 0.3 is 0 Å². The SMILES string of the molecule is CC(C)(C)OCCCCCCCN1CCN(CCOC2CC(OC(C)(C)C)C2)CC1. The van der Waals surface area contributed by atoms with Gasteiger partial charge in [0.1, 0.15) is 0 Å². The van der Waals surface area contributed by atoms with Crippen molar-refractivity contribution in [2.45, 2.75) is 110 Å². The summed E-state index contributed by atoms with van der Waals surface area (Å²) in [6.45, 7) is 21.7. The van der Waals surface area contributed by atoms with Crippen LogP contribution in [0.25, 0.3) is 0 Å². The molecule has 2 fully saturated rings. The van der Waals surface area contributed by atoms with E-state index in [4.69, 9.17) is 14.2 Å². The second-order valence-corrected chi connectivity index (χ2v) is 11.2. The lowest BCUT2D eigenvalue weighted by molar-refractivity contribution is -0.149. The van der Waals surface area contributed by atoms with E-state index in [1.807, 2.05) is 0 Å². The molecule has 1 saturated carbocycles. The van der Waals surface area contributed by atoms with Gasteiger partial charge in [-0.25, -0.2) is 0 Å². The van der Waals surface area contributed by atoms with Crippen molar-refractivity contribution >= 4 is 0 Å². The van der Waals surface area contributed by atoms with Gasteiger partial charge < -0.3 is 19.1 Å². The van der Waals surface area contributed by atoms with E-state index in [9.17, 15) is 0 Å². The van der Waals surface area contributed by atoms with Crippen molar-refractivity contribution in [3.05, 3.63) is 0 Å². The Morgan fingerprint density at radius 2 is 1.20 bits per heavy atom. The molecule has 0 bridgehead atoms. The normalized spacial score (nSPS) is 24.2. The van der Waals surface area contributed by atoms with Crippen LogP contribution in [0, 0.1) is 0 Å². The van der Waals surface area contributed by atoms with Crippen LogP contribution in [0.15, 0.2) is 0 Å². The molecule has 2 aliphatic rings. The highest BCUT2D eigenvalue weighted by molar-refractivity contribution is 4.83. The third-order valence-corrected chi connectivity index (χ3v) is 5.95. The van der Waals surface area contributed by atoms with Gasteiger partial charge in [-0.2, -0.15) is 0 Å². The number of piperazine rings is 1. The predicted molar refractivity (Wildman–Crippen MR) is 125 cm³/mol. The highest BCUT2D eigenvalue weighted by atomic mass is 16.5. The molecule has 5 heteroatoms. The molecule has 0 amide bonds. The maximum Gasteiger partial charge on any atom is 0.0631 e. The van der Waals surface area contributed by atoms with Gasteiger partial charge in [-0.05, 0) is 73.8 Å². The van der Waals surface area contributed by atoms with Gasteiger partial charge in [0.15, 0.2) is 0 Å². The first-order valence-electron chi connectivity index (χ1n) is 12.5. The van der Waals surface area contributed by atoms with Gasteiger partial charge in [0, 0.05) is 39.3 Å². The number of rotatable bonds is 13. The Morgan fingerprint density at radius 3 is 1.80 bits per heavy atom. The van der Waals surface area contributed by atoms with Crippen LogP contribution in [0.3, 0.4) is 0 Å². The summed E-state index contributed by atoms with van der Waals surface area (Å²) < 4.78 is 17.8. The number of hydrogen-bond acceptors (Lipinski definition) is 5. The fourth-order valence-corrected chi connectivity index (χ4v) is 4.18. The molecule has 5 nitrogen and oxygen atoms in total. The zero-order valence-corrected chi connectivity index (χ0v) is 20.9. The first-order chi connectivity index (χ1) is 14.1. The number of ether oxygens (including phenoxy) is 3. The summed E-state index contributed by atoms with van der Waals surface area (Å²) in [6, 6.07) is 0. The third-order valence-electron chi connectivity index (χ3n) is 5.95. The van der Waals surface area contributed by atoms with Crippen LogP contribution in [0.2, 0.25) is 0 Å². The van der Waals surface area contributed by atoms with E-state index in [1.165, 1.54) is 64.8 Å². The van der Waals surface area contributed by atoms with Crippen LogP contribution >= 0.6 is 0 Å². The third kappa shape index (κ3) is 12.0. The van der Waals surface area contributed by atoms with Crippen molar-refractivity contribution in [1.29, 1.82) is 0 Å². The molecular weight excluding hydrogens is 376 g/mol. The average molecular weight is 427 g/mol. The molecule has 0 N–H and O–H groups in total. The second-order valence-electron chi connectivity index (χ2n) is 11.2. The molecular formula is C25H50N2O3. The van der Waals surface area contributed by atoms with Crippen LogP contribution in [0.5, 0.6) is 0 Å². The first-order valence-corrected chi connectivity index (χ1v) is 12.5. The minimum absolute atomic E-state index is 0.00950. The molecule has 1 aliphatic heterocycles. The summed E-state index contributed by atoms with van der Waals surface area (Å²) in [7, 11) is 0. The monoisotopic (exact) mass is 426 g/mol. The molecule has 30 heavy (non-hydrogen) atoms. The Kier molecular flexibility index (Phi) is 11.1. The highest BCUT2D eigenvalue weighted by Gasteiger charge is 2.33. The Bertz CT molecular complexity index is 444. The molecule has 1 saturated heterocycles. The van der Waals surface area contributed by atoms with Crippen molar-refractivity contribution in [1.82, 2.24) is 9.80 Å². The summed E-state index contributed by atoms with van der Waals surface area (Å²) in [5.74, 6) is 0. The lowest BCUT2D eigenvalue weighted by atomic mass is 9.91. The minimum Gasteiger partial charge on any atom is -0.377 e. The van der Waals surface area contributed by atoms with Crippen LogP contribution in [-0.2, 0) is 14.2 Å². The molecule has 0 spiro atoms. The molecule has 0 atom stereocenters. The van der Waals surface area contributed by atoms with Crippen LogP contribution < -0.4 is 0 Å². The Hall–Kier alpha value is -0.200. The maximum absolute atomic E-state index is 6.05. The fourth-order valence-electron chi connectivity index (χ4n) is 4.18. The van der Waals surface area contributed by atoms with Crippen LogP contribution in [-0.4, -0.2) is 85.7 Å². The number of nitrogens with zero attached hydrogens (tertiary/aromatic N) is 2. The molecule has 0 aromatic heterocycles. The number of unbranched alkanes of at least 4 members (excludes halogenated alkanes) is 4. The van der Waals surface area contributed by atoms with E-state index < -0.39 is 0 Å². The first kappa shape index (κ1) is 26.1. The zero-order chi connectivity index (χ0) is 22.0. The molecule has 0 aromatic carbocycles. The molecule has 0 aromatic rings. The largest absolute Gasteiger partial charge is 0.377 e. The predicted octanol–water partition coefficient (Wildman–Crippen LogP) is 4.73. The van der Waals surface area contributed by atoms with Gasteiger partial charge in [-0.15, -0.1) is 0 Å². The van der Waals surface area contributed by atoms with Crippen molar-refractivity contribution in [2.24, 2.45) is 0 Å². The minimum atomic E-state index is -0.0314. The lowest BCUT2D eigenvalue weighted by Crippen LogP contribution is -2.48. The van der Waals surface area contributed by atoms with Crippen molar-refractivity contribution in [2.75, 3.05) is 52.5 Å².